The third-order valence-electron chi connectivity index (χ3n) is 3.45. The molecule has 0 aromatic carbocycles. The molecule has 0 aromatic heterocycles. The van der Waals surface area contributed by atoms with Gasteiger partial charge in [0.15, 0.2) is 12.2 Å². The zero-order chi connectivity index (χ0) is 14.5. The molecule has 8 heteroatoms. The van der Waals surface area contributed by atoms with Gasteiger partial charge in [0.25, 0.3) is 11.8 Å². The van der Waals surface area contributed by atoms with E-state index in [1.54, 1.807) is 0 Å². The number of aliphatic hydroxyl groups excluding tert-OH is 2. The second-order valence-corrected chi connectivity index (χ2v) is 4.76. The first kappa shape index (κ1) is 15.2. The van der Waals surface area contributed by atoms with Gasteiger partial charge in [-0.3, -0.25) is 9.59 Å². The zero-order valence-electron chi connectivity index (χ0n) is 11.2. The highest BCUT2D eigenvalue weighted by Crippen LogP contribution is 2.08. The maximum absolute atomic E-state index is 12.0. The molecule has 0 unspecified atom stereocenters. The Morgan fingerprint density at radius 3 is 1.35 bits per heavy atom. The molecule has 8 nitrogen and oxygen atoms in total. The lowest BCUT2D eigenvalue weighted by Crippen LogP contribution is -2.55. The molecule has 0 aromatic rings. The lowest BCUT2D eigenvalue weighted by Gasteiger charge is -2.32. The molecule has 2 N–H and O–H groups in total. The summed E-state index contributed by atoms with van der Waals surface area (Å²) in [5.41, 5.74) is 0. The Morgan fingerprint density at radius 1 is 0.750 bits per heavy atom. The van der Waals surface area contributed by atoms with Crippen molar-refractivity contribution in [1.29, 1.82) is 0 Å². The fourth-order valence-electron chi connectivity index (χ4n) is 2.21. The molecule has 2 atom stereocenters. The van der Waals surface area contributed by atoms with Gasteiger partial charge in [-0.2, -0.15) is 0 Å². The van der Waals surface area contributed by atoms with E-state index >= 15 is 0 Å². The molecule has 0 bridgehead atoms. The minimum Gasteiger partial charge on any atom is -0.380 e. The fraction of sp³-hybridized carbons (Fsp3) is 0.833. The van der Waals surface area contributed by atoms with Crippen molar-refractivity contribution in [1.82, 2.24) is 9.80 Å². The summed E-state index contributed by atoms with van der Waals surface area (Å²) in [7, 11) is 0. The number of hydrogen-bond donors (Lipinski definition) is 2. The number of carbonyl (C=O) groups excluding carboxylic acids is 2. The minimum atomic E-state index is -1.73. The van der Waals surface area contributed by atoms with Crippen LogP contribution in [0.1, 0.15) is 0 Å². The molecule has 0 spiro atoms. The van der Waals surface area contributed by atoms with Crippen LogP contribution in [-0.4, -0.2) is 96.6 Å². The van der Waals surface area contributed by atoms with Crippen LogP contribution >= 0.6 is 0 Å². The van der Waals surface area contributed by atoms with Crippen LogP contribution in [0.4, 0.5) is 0 Å². The number of ether oxygens (including phenoxy) is 2. The quantitative estimate of drug-likeness (QED) is 0.592. The molecule has 0 radical (unpaired) electrons. The molecule has 2 aliphatic rings. The Kier molecular flexibility index (Phi) is 5.30. The Balaban J connectivity index is 1.90. The van der Waals surface area contributed by atoms with Crippen molar-refractivity contribution in [3.8, 4) is 0 Å². The third kappa shape index (κ3) is 3.45. The van der Waals surface area contributed by atoms with Crippen LogP contribution < -0.4 is 0 Å². The van der Waals surface area contributed by atoms with E-state index in [9.17, 15) is 19.8 Å². The molecule has 0 aliphatic carbocycles. The molecular weight excluding hydrogens is 268 g/mol. The van der Waals surface area contributed by atoms with Crippen molar-refractivity contribution in [3.63, 3.8) is 0 Å². The lowest BCUT2D eigenvalue weighted by molar-refractivity contribution is -0.162. The van der Waals surface area contributed by atoms with Crippen LogP contribution in [0.3, 0.4) is 0 Å². The summed E-state index contributed by atoms with van der Waals surface area (Å²) in [4.78, 5) is 26.8. The fourth-order valence-corrected chi connectivity index (χ4v) is 2.21. The van der Waals surface area contributed by atoms with Gasteiger partial charge in [0.1, 0.15) is 0 Å². The summed E-state index contributed by atoms with van der Waals surface area (Å²) < 4.78 is 10.2. The van der Waals surface area contributed by atoms with E-state index in [1.165, 1.54) is 9.80 Å². The largest absolute Gasteiger partial charge is 0.380 e. The van der Waals surface area contributed by atoms with Gasteiger partial charge in [0.05, 0.1) is 26.4 Å². The van der Waals surface area contributed by atoms with Crippen molar-refractivity contribution in [3.05, 3.63) is 0 Å². The van der Waals surface area contributed by atoms with E-state index in [-0.39, 0.29) is 0 Å². The van der Waals surface area contributed by atoms with Crippen LogP contribution in [0.5, 0.6) is 0 Å². The zero-order valence-corrected chi connectivity index (χ0v) is 11.2. The van der Waals surface area contributed by atoms with E-state index in [0.717, 1.165) is 0 Å². The van der Waals surface area contributed by atoms with Crippen molar-refractivity contribution in [2.45, 2.75) is 12.2 Å². The standard InChI is InChI=1S/C12H20N2O6/c15-9(11(17)13-1-5-19-6-2-13)10(16)12(18)14-3-7-20-8-4-14/h9-10,15-16H,1-8H2/t9-,10-/m0/s1. The third-order valence-corrected chi connectivity index (χ3v) is 3.45. The van der Waals surface area contributed by atoms with Crippen LogP contribution in [0.25, 0.3) is 0 Å². The first-order chi connectivity index (χ1) is 9.61. The summed E-state index contributed by atoms with van der Waals surface area (Å²) in [5.74, 6) is -1.27. The van der Waals surface area contributed by atoms with Crippen molar-refractivity contribution >= 4 is 11.8 Å². The topological polar surface area (TPSA) is 99.5 Å². The molecule has 2 aliphatic heterocycles. The summed E-state index contributed by atoms with van der Waals surface area (Å²) >= 11 is 0. The lowest BCUT2D eigenvalue weighted by atomic mass is 10.1. The molecular formula is C12H20N2O6. The number of hydrogen-bond acceptors (Lipinski definition) is 6. The average molecular weight is 288 g/mol. The normalized spacial score (nSPS) is 23.3. The van der Waals surface area contributed by atoms with Gasteiger partial charge < -0.3 is 29.5 Å². The van der Waals surface area contributed by atoms with Gasteiger partial charge in [-0.15, -0.1) is 0 Å². The average Bonchev–Trinajstić information content (AvgIpc) is 2.53. The first-order valence-electron chi connectivity index (χ1n) is 6.70. The second-order valence-electron chi connectivity index (χ2n) is 4.76. The van der Waals surface area contributed by atoms with E-state index in [0.29, 0.717) is 52.6 Å². The molecule has 2 saturated heterocycles. The van der Waals surface area contributed by atoms with Gasteiger partial charge in [-0.1, -0.05) is 0 Å². The molecule has 114 valence electrons. The van der Waals surface area contributed by atoms with Crippen LogP contribution in [-0.2, 0) is 19.1 Å². The Bertz CT molecular complexity index is 318. The van der Waals surface area contributed by atoms with Crippen LogP contribution in [0, 0.1) is 0 Å². The van der Waals surface area contributed by atoms with E-state index < -0.39 is 24.0 Å². The summed E-state index contributed by atoms with van der Waals surface area (Å²) in [6.07, 6.45) is -3.47. The molecule has 2 fully saturated rings. The molecule has 2 amide bonds. The highest BCUT2D eigenvalue weighted by molar-refractivity contribution is 5.90. The van der Waals surface area contributed by atoms with Gasteiger partial charge in [0, 0.05) is 26.2 Å². The highest BCUT2D eigenvalue weighted by Gasteiger charge is 2.36. The summed E-state index contributed by atoms with van der Waals surface area (Å²) in [5, 5.41) is 19.8. The van der Waals surface area contributed by atoms with Gasteiger partial charge in [0.2, 0.25) is 0 Å². The van der Waals surface area contributed by atoms with Gasteiger partial charge in [-0.25, -0.2) is 0 Å². The smallest absolute Gasteiger partial charge is 0.254 e. The van der Waals surface area contributed by atoms with Gasteiger partial charge >= 0.3 is 0 Å². The first-order valence-corrected chi connectivity index (χ1v) is 6.70. The number of carbonyl (C=O) groups is 2. The molecule has 2 rings (SSSR count). The van der Waals surface area contributed by atoms with Crippen molar-refractivity contribution in [2.75, 3.05) is 52.6 Å². The maximum Gasteiger partial charge on any atom is 0.254 e. The van der Waals surface area contributed by atoms with E-state index in [4.69, 9.17) is 9.47 Å². The maximum atomic E-state index is 12.0. The highest BCUT2D eigenvalue weighted by atomic mass is 16.5. The van der Waals surface area contributed by atoms with E-state index in [2.05, 4.69) is 0 Å². The monoisotopic (exact) mass is 288 g/mol. The van der Waals surface area contributed by atoms with Crippen molar-refractivity contribution in [2.24, 2.45) is 0 Å². The minimum absolute atomic E-state index is 0.356. The van der Waals surface area contributed by atoms with Crippen molar-refractivity contribution < 1.29 is 29.3 Å². The summed E-state index contributed by atoms with van der Waals surface area (Å²) in [6, 6.07) is 0. The summed E-state index contributed by atoms with van der Waals surface area (Å²) in [6.45, 7) is 3.00. The predicted octanol–water partition coefficient (Wildman–Crippen LogP) is -2.57. The molecule has 20 heavy (non-hydrogen) atoms. The Morgan fingerprint density at radius 2 is 1.05 bits per heavy atom. The van der Waals surface area contributed by atoms with E-state index in [1.807, 2.05) is 0 Å². The predicted molar refractivity (Wildman–Crippen MR) is 66.8 cm³/mol. The van der Waals surface area contributed by atoms with Crippen LogP contribution in [0.15, 0.2) is 0 Å². The Hall–Kier alpha value is -1.22. The number of rotatable bonds is 3. The Labute approximate surface area is 116 Å². The van der Waals surface area contributed by atoms with Crippen LogP contribution in [0.2, 0.25) is 0 Å². The number of aliphatic hydroxyl groups is 2. The molecule has 2 heterocycles. The number of morpholine rings is 2. The second kappa shape index (κ2) is 6.98. The molecule has 0 saturated carbocycles. The van der Waals surface area contributed by atoms with Gasteiger partial charge in [-0.05, 0) is 0 Å². The number of amides is 2. The number of nitrogens with zero attached hydrogens (tertiary/aromatic N) is 2. The SMILES string of the molecule is O=C([C@@H](O)[C@H](O)C(=O)N1CCOCC1)N1CCOCC1.